The van der Waals surface area contributed by atoms with Crippen molar-refractivity contribution in [2.75, 3.05) is 0 Å². The summed E-state index contributed by atoms with van der Waals surface area (Å²) < 4.78 is 0. The number of hydrogen-bond acceptors (Lipinski definition) is 3. The summed E-state index contributed by atoms with van der Waals surface area (Å²) >= 11 is 0. The third-order valence-electron chi connectivity index (χ3n) is 2.95. The first-order chi connectivity index (χ1) is 9.24. The molecule has 0 aliphatic heterocycles. The zero-order chi connectivity index (χ0) is 13.9. The normalized spacial score (nSPS) is 11.4. The Bertz CT molecular complexity index is 401. The first-order valence-electron chi connectivity index (χ1n) is 6.97. The Kier molecular flexibility index (Phi) is 7.47. The molecule has 0 bridgehead atoms. The molecule has 0 aliphatic rings. The Hall–Kier alpha value is -1.71. The lowest BCUT2D eigenvalue weighted by Crippen LogP contribution is -2.18. The second kappa shape index (κ2) is 9.25. The monoisotopic (exact) mass is 261 g/mol. The van der Waals surface area contributed by atoms with Crippen molar-refractivity contribution in [3.63, 3.8) is 0 Å². The lowest BCUT2D eigenvalue weighted by molar-refractivity contribution is -0.121. The molecule has 0 atom stereocenters. The summed E-state index contributed by atoms with van der Waals surface area (Å²) in [5.74, 6) is -0.00935. The predicted octanol–water partition coefficient (Wildman–Crippen LogP) is 3.28. The highest BCUT2D eigenvalue weighted by Gasteiger charge is 2.01. The van der Waals surface area contributed by atoms with E-state index < -0.39 is 0 Å². The van der Waals surface area contributed by atoms with E-state index in [-0.39, 0.29) is 5.91 Å². The molecule has 19 heavy (non-hydrogen) atoms. The van der Waals surface area contributed by atoms with Gasteiger partial charge < -0.3 is 0 Å². The van der Waals surface area contributed by atoms with Crippen molar-refractivity contribution in [3.05, 3.63) is 30.1 Å². The van der Waals surface area contributed by atoms with Crippen molar-refractivity contribution in [2.45, 2.75) is 52.4 Å². The van der Waals surface area contributed by atoms with E-state index in [1.807, 2.05) is 19.1 Å². The summed E-state index contributed by atoms with van der Waals surface area (Å²) in [6, 6.07) is 3.74. The molecule has 4 heteroatoms. The standard InChI is InChI=1S/C15H23N3O/c1-3-4-5-6-7-8-15(19)18-17-13(2)14-9-11-16-12-10-14/h9-12H,3-8H2,1-2H3,(H,18,19). The van der Waals surface area contributed by atoms with Crippen molar-refractivity contribution >= 4 is 11.6 Å². The van der Waals surface area contributed by atoms with Crippen molar-refractivity contribution in [3.8, 4) is 0 Å². The Labute approximate surface area is 115 Å². The van der Waals surface area contributed by atoms with Crippen LogP contribution in [0, 0.1) is 0 Å². The number of carbonyl (C=O) groups excluding carboxylic acids is 1. The van der Waals surface area contributed by atoms with E-state index in [0.717, 1.165) is 24.1 Å². The summed E-state index contributed by atoms with van der Waals surface area (Å²) in [6.07, 6.45) is 9.72. The van der Waals surface area contributed by atoms with Crippen LogP contribution in [-0.4, -0.2) is 16.6 Å². The van der Waals surface area contributed by atoms with E-state index in [1.54, 1.807) is 12.4 Å². The van der Waals surface area contributed by atoms with Gasteiger partial charge in [-0.2, -0.15) is 5.10 Å². The minimum absolute atomic E-state index is 0.00935. The van der Waals surface area contributed by atoms with Crippen LogP contribution in [0.1, 0.15) is 57.9 Å². The second-order valence-electron chi connectivity index (χ2n) is 4.63. The molecule has 0 radical (unpaired) electrons. The third kappa shape index (κ3) is 6.70. The van der Waals surface area contributed by atoms with Crippen LogP contribution in [0.25, 0.3) is 0 Å². The molecule has 0 aliphatic carbocycles. The number of rotatable bonds is 8. The number of nitrogens with one attached hydrogen (secondary N) is 1. The Morgan fingerprint density at radius 3 is 2.58 bits per heavy atom. The molecule has 1 N–H and O–H groups in total. The number of hydrogen-bond donors (Lipinski definition) is 1. The lowest BCUT2D eigenvalue weighted by Gasteiger charge is -2.03. The van der Waals surface area contributed by atoms with Crippen molar-refractivity contribution in [2.24, 2.45) is 5.10 Å². The zero-order valence-corrected chi connectivity index (χ0v) is 11.9. The molecule has 0 aromatic carbocycles. The van der Waals surface area contributed by atoms with Crippen LogP contribution >= 0.6 is 0 Å². The number of hydrazone groups is 1. The molecule has 0 fully saturated rings. The van der Waals surface area contributed by atoms with Gasteiger partial charge in [0.1, 0.15) is 0 Å². The lowest BCUT2D eigenvalue weighted by atomic mass is 10.1. The SMILES string of the molecule is CCCCCCCC(=O)NN=C(C)c1ccncc1. The van der Waals surface area contributed by atoms with Gasteiger partial charge in [0, 0.05) is 24.4 Å². The van der Waals surface area contributed by atoms with Crippen molar-refractivity contribution in [1.29, 1.82) is 0 Å². The van der Waals surface area contributed by atoms with Gasteiger partial charge in [-0.1, -0.05) is 32.6 Å². The van der Waals surface area contributed by atoms with Gasteiger partial charge in [0.15, 0.2) is 0 Å². The van der Waals surface area contributed by atoms with E-state index in [1.165, 1.54) is 19.3 Å². The van der Waals surface area contributed by atoms with Gasteiger partial charge in [0.25, 0.3) is 0 Å². The Morgan fingerprint density at radius 2 is 1.89 bits per heavy atom. The minimum Gasteiger partial charge on any atom is -0.273 e. The minimum atomic E-state index is -0.00935. The maximum atomic E-state index is 11.6. The molecule has 1 rings (SSSR count). The molecule has 0 unspecified atom stereocenters. The van der Waals surface area contributed by atoms with Gasteiger partial charge in [-0.15, -0.1) is 0 Å². The first kappa shape index (κ1) is 15.3. The molecule has 0 saturated heterocycles. The second-order valence-corrected chi connectivity index (χ2v) is 4.63. The predicted molar refractivity (Wildman–Crippen MR) is 78.0 cm³/mol. The van der Waals surface area contributed by atoms with Gasteiger partial charge in [0.05, 0.1) is 5.71 Å². The van der Waals surface area contributed by atoms with E-state index in [2.05, 4.69) is 22.4 Å². The van der Waals surface area contributed by atoms with Crippen LogP contribution < -0.4 is 5.43 Å². The molecule has 1 aromatic heterocycles. The van der Waals surface area contributed by atoms with Gasteiger partial charge >= 0.3 is 0 Å². The highest BCUT2D eigenvalue weighted by molar-refractivity contribution is 5.99. The fourth-order valence-corrected chi connectivity index (χ4v) is 1.75. The van der Waals surface area contributed by atoms with Crippen LogP contribution in [0.4, 0.5) is 0 Å². The fraction of sp³-hybridized carbons (Fsp3) is 0.533. The zero-order valence-electron chi connectivity index (χ0n) is 11.9. The van der Waals surface area contributed by atoms with Crippen LogP contribution in [-0.2, 0) is 4.79 Å². The molecular weight excluding hydrogens is 238 g/mol. The van der Waals surface area contributed by atoms with E-state index >= 15 is 0 Å². The van der Waals surface area contributed by atoms with Gasteiger partial charge in [-0.05, 0) is 25.5 Å². The first-order valence-corrected chi connectivity index (χ1v) is 6.97. The number of pyridine rings is 1. The summed E-state index contributed by atoms with van der Waals surface area (Å²) in [5.41, 5.74) is 4.36. The molecule has 0 spiro atoms. The quantitative estimate of drug-likeness (QED) is 0.443. The molecular formula is C15H23N3O. The maximum Gasteiger partial charge on any atom is 0.240 e. The summed E-state index contributed by atoms with van der Waals surface area (Å²) in [4.78, 5) is 15.5. The van der Waals surface area contributed by atoms with Crippen LogP contribution in [0.5, 0.6) is 0 Å². The maximum absolute atomic E-state index is 11.6. The smallest absolute Gasteiger partial charge is 0.240 e. The number of carbonyl (C=O) groups is 1. The molecule has 0 saturated carbocycles. The van der Waals surface area contributed by atoms with E-state index in [0.29, 0.717) is 6.42 Å². The third-order valence-corrected chi connectivity index (χ3v) is 2.95. The molecule has 104 valence electrons. The summed E-state index contributed by atoms with van der Waals surface area (Å²) in [7, 11) is 0. The number of nitrogens with zero attached hydrogens (tertiary/aromatic N) is 2. The van der Waals surface area contributed by atoms with Gasteiger partial charge in [-0.25, -0.2) is 5.43 Å². The number of aromatic nitrogens is 1. The van der Waals surface area contributed by atoms with Crippen molar-refractivity contribution < 1.29 is 4.79 Å². The Balaban J connectivity index is 2.25. The average molecular weight is 261 g/mol. The van der Waals surface area contributed by atoms with Crippen LogP contribution in [0.2, 0.25) is 0 Å². The fourth-order valence-electron chi connectivity index (χ4n) is 1.75. The van der Waals surface area contributed by atoms with E-state index in [9.17, 15) is 4.79 Å². The van der Waals surface area contributed by atoms with Gasteiger partial charge in [-0.3, -0.25) is 9.78 Å². The average Bonchev–Trinajstić information content (AvgIpc) is 2.45. The Morgan fingerprint density at radius 1 is 1.21 bits per heavy atom. The van der Waals surface area contributed by atoms with E-state index in [4.69, 9.17) is 0 Å². The summed E-state index contributed by atoms with van der Waals surface area (Å²) in [5, 5.41) is 4.10. The van der Waals surface area contributed by atoms with Gasteiger partial charge in [0.2, 0.25) is 5.91 Å². The van der Waals surface area contributed by atoms with Crippen LogP contribution in [0.15, 0.2) is 29.6 Å². The molecule has 4 nitrogen and oxygen atoms in total. The number of amides is 1. The highest BCUT2D eigenvalue weighted by atomic mass is 16.2. The van der Waals surface area contributed by atoms with Crippen molar-refractivity contribution in [1.82, 2.24) is 10.4 Å². The number of unbranched alkanes of at least 4 members (excludes halogenated alkanes) is 4. The topological polar surface area (TPSA) is 54.4 Å². The highest BCUT2D eigenvalue weighted by Crippen LogP contribution is 2.04. The molecule has 1 aromatic rings. The molecule has 1 amide bonds. The summed E-state index contributed by atoms with van der Waals surface area (Å²) in [6.45, 7) is 4.06. The largest absolute Gasteiger partial charge is 0.273 e. The molecule has 1 heterocycles. The van der Waals surface area contributed by atoms with Crippen LogP contribution in [0.3, 0.4) is 0 Å².